The Hall–Kier alpha value is -1.22. The monoisotopic (exact) mass is 335 g/mol. The second-order valence-corrected chi connectivity index (χ2v) is 7.39. The highest BCUT2D eigenvalue weighted by molar-refractivity contribution is 6.18. The zero-order chi connectivity index (χ0) is 16.4. The second kappa shape index (κ2) is 7.12. The summed E-state index contributed by atoms with van der Waals surface area (Å²) in [6.45, 7) is 4.78. The van der Waals surface area contributed by atoms with Gasteiger partial charge in [0.05, 0.1) is 11.6 Å². The minimum Gasteiger partial charge on any atom is -0.448 e. The zero-order valence-corrected chi connectivity index (χ0v) is 14.7. The van der Waals surface area contributed by atoms with Gasteiger partial charge in [-0.3, -0.25) is 5.32 Å². The van der Waals surface area contributed by atoms with Gasteiger partial charge in [0.2, 0.25) is 0 Å². The molecule has 1 aromatic carbocycles. The first kappa shape index (κ1) is 16.6. The average Bonchev–Trinajstić information content (AvgIpc) is 3.42. The molecule has 0 radical (unpaired) electrons. The van der Waals surface area contributed by atoms with Crippen LogP contribution in [0.1, 0.15) is 62.5 Å². The molecule has 2 saturated carbocycles. The summed E-state index contributed by atoms with van der Waals surface area (Å²) in [6, 6.07) is 6.45. The summed E-state index contributed by atoms with van der Waals surface area (Å²) in [5.41, 5.74) is 3.48. The van der Waals surface area contributed by atoms with Crippen molar-refractivity contribution in [2.24, 2.45) is 11.8 Å². The molecule has 2 aliphatic carbocycles. The molecular weight excluding hydrogens is 310 g/mol. The van der Waals surface area contributed by atoms with Crippen LogP contribution in [0.4, 0.5) is 10.5 Å². The number of halogens is 1. The van der Waals surface area contributed by atoms with E-state index in [4.69, 9.17) is 16.3 Å². The topological polar surface area (TPSA) is 38.3 Å². The SMILES string of the molecule is C[C@@H](c1cccc([C@H](C)C2CC2)c1NC(=O)OCCCl)C1CC1. The largest absolute Gasteiger partial charge is 0.448 e. The first-order valence-electron chi connectivity index (χ1n) is 8.74. The van der Waals surface area contributed by atoms with E-state index in [0.717, 1.165) is 17.5 Å². The van der Waals surface area contributed by atoms with Crippen LogP contribution in [0.25, 0.3) is 0 Å². The van der Waals surface area contributed by atoms with E-state index in [9.17, 15) is 4.79 Å². The van der Waals surface area contributed by atoms with Gasteiger partial charge in [0.25, 0.3) is 0 Å². The molecule has 0 unspecified atom stereocenters. The Bertz CT molecular complexity index is 530. The molecule has 2 aliphatic rings. The third-order valence-corrected chi connectivity index (χ3v) is 5.46. The lowest BCUT2D eigenvalue weighted by molar-refractivity contribution is 0.168. The summed E-state index contributed by atoms with van der Waals surface area (Å²) in [5.74, 6) is 2.77. The van der Waals surface area contributed by atoms with Crippen molar-refractivity contribution in [3.8, 4) is 0 Å². The molecule has 3 rings (SSSR count). The Labute approximate surface area is 143 Å². The van der Waals surface area contributed by atoms with Crippen molar-refractivity contribution in [1.29, 1.82) is 0 Å². The minimum absolute atomic E-state index is 0.237. The number of amides is 1. The highest BCUT2D eigenvalue weighted by Gasteiger charge is 2.34. The van der Waals surface area contributed by atoms with Gasteiger partial charge in [-0.2, -0.15) is 0 Å². The fourth-order valence-corrected chi connectivity index (χ4v) is 3.54. The molecule has 0 heterocycles. The number of nitrogens with one attached hydrogen (secondary N) is 1. The molecule has 0 aromatic heterocycles. The highest BCUT2D eigenvalue weighted by atomic mass is 35.5. The van der Waals surface area contributed by atoms with Crippen LogP contribution >= 0.6 is 11.6 Å². The number of anilines is 1. The summed E-state index contributed by atoms with van der Waals surface area (Å²) in [4.78, 5) is 12.1. The molecule has 1 N–H and O–H groups in total. The molecule has 1 aromatic rings. The predicted molar refractivity (Wildman–Crippen MR) is 94.4 cm³/mol. The Kier molecular flexibility index (Phi) is 5.15. The molecule has 23 heavy (non-hydrogen) atoms. The van der Waals surface area contributed by atoms with Gasteiger partial charge in [0, 0.05) is 0 Å². The van der Waals surface area contributed by atoms with E-state index in [2.05, 4.69) is 37.4 Å². The van der Waals surface area contributed by atoms with Crippen LogP contribution in [0, 0.1) is 11.8 Å². The number of benzene rings is 1. The number of ether oxygens (including phenoxy) is 1. The van der Waals surface area contributed by atoms with Gasteiger partial charge in [0.15, 0.2) is 0 Å². The fraction of sp³-hybridized carbons (Fsp3) is 0.632. The van der Waals surface area contributed by atoms with Gasteiger partial charge >= 0.3 is 6.09 Å². The van der Waals surface area contributed by atoms with Gasteiger partial charge in [0.1, 0.15) is 6.61 Å². The summed E-state index contributed by atoms with van der Waals surface area (Å²) in [5, 5.41) is 3.02. The van der Waals surface area contributed by atoms with Crippen LogP contribution in [0.5, 0.6) is 0 Å². The standard InChI is InChI=1S/C19H26ClNO2/c1-12(14-6-7-14)16-4-3-5-17(13(2)15-8-9-15)18(16)21-19(22)23-11-10-20/h3-5,12-15H,6-11H2,1-2H3,(H,21,22)/t12-,13-/m1/s1. The Balaban J connectivity index is 1.88. The van der Waals surface area contributed by atoms with E-state index in [1.807, 2.05) is 0 Å². The first-order chi connectivity index (χ1) is 11.1. The molecular formula is C19H26ClNO2. The smallest absolute Gasteiger partial charge is 0.411 e. The highest BCUT2D eigenvalue weighted by Crippen LogP contribution is 2.49. The number of alkyl halides is 1. The van der Waals surface area contributed by atoms with Crippen molar-refractivity contribution in [1.82, 2.24) is 0 Å². The summed E-state index contributed by atoms with van der Waals surface area (Å²) in [7, 11) is 0. The van der Waals surface area contributed by atoms with Gasteiger partial charge in [-0.05, 0) is 60.5 Å². The van der Waals surface area contributed by atoms with Crippen molar-refractivity contribution in [2.45, 2.75) is 51.4 Å². The van der Waals surface area contributed by atoms with Crippen molar-refractivity contribution in [3.05, 3.63) is 29.3 Å². The Morgan fingerprint density at radius 1 is 1.17 bits per heavy atom. The minimum atomic E-state index is -0.398. The van der Waals surface area contributed by atoms with Gasteiger partial charge < -0.3 is 4.74 Å². The number of carbonyl (C=O) groups excluding carboxylic acids is 1. The molecule has 2 fully saturated rings. The number of para-hydroxylation sites is 1. The van der Waals surface area contributed by atoms with Crippen molar-refractivity contribution in [3.63, 3.8) is 0 Å². The van der Waals surface area contributed by atoms with Gasteiger partial charge in [-0.1, -0.05) is 32.0 Å². The van der Waals surface area contributed by atoms with Crippen LogP contribution in [-0.4, -0.2) is 18.6 Å². The lowest BCUT2D eigenvalue weighted by Gasteiger charge is -2.23. The number of hydrogen-bond acceptors (Lipinski definition) is 2. The molecule has 4 heteroatoms. The van der Waals surface area contributed by atoms with Crippen LogP contribution in [-0.2, 0) is 4.74 Å². The van der Waals surface area contributed by atoms with Crippen molar-refractivity contribution in [2.75, 3.05) is 17.8 Å². The van der Waals surface area contributed by atoms with Crippen LogP contribution in [0.2, 0.25) is 0 Å². The number of hydrogen-bond donors (Lipinski definition) is 1. The third kappa shape index (κ3) is 4.00. The predicted octanol–water partition coefficient (Wildman–Crippen LogP) is 5.50. The average molecular weight is 336 g/mol. The maximum Gasteiger partial charge on any atom is 0.411 e. The second-order valence-electron chi connectivity index (χ2n) is 7.01. The zero-order valence-electron chi connectivity index (χ0n) is 14.0. The molecule has 1 amide bonds. The third-order valence-electron chi connectivity index (χ3n) is 5.31. The van der Waals surface area contributed by atoms with Crippen LogP contribution < -0.4 is 5.32 Å². The molecule has 2 atom stereocenters. The summed E-state index contributed by atoms with van der Waals surface area (Å²) < 4.78 is 5.13. The van der Waals surface area contributed by atoms with Crippen LogP contribution in [0.3, 0.4) is 0 Å². The normalized spacial score (nSPS) is 20.0. The van der Waals surface area contributed by atoms with E-state index >= 15 is 0 Å². The molecule has 126 valence electrons. The lowest BCUT2D eigenvalue weighted by Crippen LogP contribution is -2.19. The Morgan fingerprint density at radius 3 is 2.13 bits per heavy atom. The van der Waals surface area contributed by atoms with E-state index in [1.54, 1.807) is 0 Å². The number of carbonyl (C=O) groups is 1. The number of rotatable bonds is 7. The van der Waals surface area contributed by atoms with Gasteiger partial charge in [-0.25, -0.2) is 4.79 Å². The maximum absolute atomic E-state index is 12.1. The van der Waals surface area contributed by atoms with Crippen molar-refractivity contribution < 1.29 is 9.53 Å². The summed E-state index contributed by atoms with van der Waals surface area (Å²) >= 11 is 5.61. The fourth-order valence-electron chi connectivity index (χ4n) is 3.46. The van der Waals surface area contributed by atoms with E-state index in [-0.39, 0.29) is 6.61 Å². The van der Waals surface area contributed by atoms with Crippen molar-refractivity contribution >= 4 is 23.4 Å². The molecule has 0 spiro atoms. The maximum atomic E-state index is 12.1. The lowest BCUT2D eigenvalue weighted by atomic mass is 9.87. The molecule has 3 nitrogen and oxygen atoms in total. The van der Waals surface area contributed by atoms with E-state index < -0.39 is 6.09 Å². The Morgan fingerprint density at radius 2 is 1.70 bits per heavy atom. The first-order valence-corrected chi connectivity index (χ1v) is 9.27. The molecule has 0 bridgehead atoms. The van der Waals surface area contributed by atoms with E-state index in [0.29, 0.717) is 17.7 Å². The van der Waals surface area contributed by atoms with Crippen LogP contribution in [0.15, 0.2) is 18.2 Å². The van der Waals surface area contributed by atoms with Gasteiger partial charge in [-0.15, -0.1) is 11.6 Å². The van der Waals surface area contributed by atoms with E-state index in [1.165, 1.54) is 36.8 Å². The quantitative estimate of drug-likeness (QED) is 0.668. The molecule has 0 saturated heterocycles. The summed E-state index contributed by atoms with van der Waals surface area (Å²) in [6.07, 6.45) is 4.77. The molecule has 0 aliphatic heterocycles.